The van der Waals surface area contributed by atoms with Crippen LogP contribution in [-0.4, -0.2) is 6.10 Å². The van der Waals surface area contributed by atoms with Crippen molar-refractivity contribution in [3.63, 3.8) is 0 Å². The predicted octanol–water partition coefficient (Wildman–Crippen LogP) is 4.47. The summed E-state index contributed by atoms with van der Waals surface area (Å²) in [6.07, 6.45) is 2.96. The van der Waals surface area contributed by atoms with Gasteiger partial charge in [0.2, 0.25) is 0 Å². The monoisotopic (exact) mass is 218 g/mol. The fourth-order valence-electron chi connectivity index (χ4n) is 1.97. The van der Waals surface area contributed by atoms with Gasteiger partial charge in [0, 0.05) is 0 Å². The van der Waals surface area contributed by atoms with Gasteiger partial charge in [0.1, 0.15) is 5.75 Å². The maximum atomic E-state index is 5.82. The Morgan fingerprint density at radius 2 is 1.75 bits per heavy atom. The molecular formula is C15H22O. The Kier molecular flexibility index (Phi) is 3.22. The molecule has 1 heteroatoms. The Labute approximate surface area is 98.8 Å². The molecule has 88 valence electrons. The van der Waals surface area contributed by atoms with E-state index in [-0.39, 0.29) is 6.10 Å². The third-order valence-corrected chi connectivity index (χ3v) is 3.04. The van der Waals surface area contributed by atoms with Crippen LogP contribution in [0.2, 0.25) is 0 Å². The zero-order valence-corrected chi connectivity index (χ0v) is 10.8. The van der Waals surface area contributed by atoms with E-state index in [9.17, 15) is 0 Å². The third-order valence-electron chi connectivity index (χ3n) is 3.04. The molecule has 0 saturated heterocycles. The minimum absolute atomic E-state index is 0.259. The largest absolute Gasteiger partial charge is 0.491 e. The van der Waals surface area contributed by atoms with Crippen molar-refractivity contribution in [3.05, 3.63) is 29.3 Å². The van der Waals surface area contributed by atoms with Gasteiger partial charge in [-0.1, -0.05) is 19.9 Å². The number of rotatable bonds is 4. The van der Waals surface area contributed by atoms with Gasteiger partial charge in [-0.05, 0) is 61.8 Å². The molecule has 0 amide bonds. The second kappa shape index (κ2) is 4.48. The molecule has 1 aliphatic carbocycles. The van der Waals surface area contributed by atoms with E-state index < -0.39 is 0 Å². The molecule has 0 atom stereocenters. The molecule has 1 aliphatic rings. The van der Waals surface area contributed by atoms with E-state index in [4.69, 9.17) is 4.74 Å². The van der Waals surface area contributed by atoms with Crippen LogP contribution >= 0.6 is 0 Å². The standard InChI is InChI=1S/C15H22O/c1-10(2)13-7-14(12-5-6-12)9-15(8-13)16-11(3)4/h7-12H,5-6H2,1-4H3. The molecule has 0 aliphatic heterocycles. The first-order valence-corrected chi connectivity index (χ1v) is 6.38. The van der Waals surface area contributed by atoms with Crippen LogP contribution < -0.4 is 4.74 Å². The van der Waals surface area contributed by atoms with E-state index in [1.807, 2.05) is 0 Å². The molecule has 2 rings (SSSR count). The summed E-state index contributed by atoms with van der Waals surface area (Å²) in [6, 6.07) is 6.77. The van der Waals surface area contributed by atoms with Crippen molar-refractivity contribution in [1.82, 2.24) is 0 Å². The lowest BCUT2D eigenvalue weighted by Crippen LogP contribution is -2.06. The van der Waals surface area contributed by atoms with Crippen LogP contribution in [0.1, 0.15) is 63.5 Å². The van der Waals surface area contributed by atoms with Crippen molar-refractivity contribution in [3.8, 4) is 5.75 Å². The molecule has 0 N–H and O–H groups in total. The Morgan fingerprint density at radius 1 is 1.06 bits per heavy atom. The quantitative estimate of drug-likeness (QED) is 0.724. The second-order valence-corrected chi connectivity index (χ2v) is 5.43. The molecule has 0 bridgehead atoms. The highest BCUT2D eigenvalue weighted by atomic mass is 16.5. The fraction of sp³-hybridized carbons (Fsp3) is 0.600. The summed E-state index contributed by atoms with van der Waals surface area (Å²) in [5, 5.41) is 0. The lowest BCUT2D eigenvalue weighted by molar-refractivity contribution is 0.242. The maximum Gasteiger partial charge on any atom is 0.120 e. The lowest BCUT2D eigenvalue weighted by atomic mass is 9.98. The summed E-state index contributed by atoms with van der Waals surface area (Å²) < 4.78 is 5.82. The van der Waals surface area contributed by atoms with Gasteiger partial charge >= 0.3 is 0 Å². The average molecular weight is 218 g/mol. The molecule has 1 saturated carbocycles. The lowest BCUT2D eigenvalue weighted by Gasteiger charge is -2.15. The first kappa shape index (κ1) is 11.5. The average Bonchev–Trinajstić information content (AvgIpc) is 2.98. The van der Waals surface area contributed by atoms with Gasteiger partial charge in [-0.25, -0.2) is 0 Å². The van der Waals surface area contributed by atoms with Crippen LogP contribution in [0.15, 0.2) is 18.2 Å². The topological polar surface area (TPSA) is 9.23 Å². The number of hydrogen-bond acceptors (Lipinski definition) is 1. The number of benzene rings is 1. The van der Waals surface area contributed by atoms with Crippen LogP contribution in [0.5, 0.6) is 5.75 Å². The highest BCUT2D eigenvalue weighted by Crippen LogP contribution is 2.42. The minimum atomic E-state index is 0.259. The molecular weight excluding hydrogens is 196 g/mol. The SMILES string of the molecule is CC(C)Oc1cc(C(C)C)cc(C2CC2)c1. The molecule has 0 unspecified atom stereocenters. The van der Waals surface area contributed by atoms with Gasteiger partial charge in [0.15, 0.2) is 0 Å². The molecule has 16 heavy (non-hydrogen) atoms. The van der Waals surface area contributed by atoms with E-state index in [0.717, 1.165) is 11.7 Å². The van der Waals surface area contributed by atoms with Crippen molar-refractivity contribution >= 4 is 0 Å². The Morgan fingerprint density at radius 3 is 2.25 bits per heavy atom. The van der Waals surface area contributed by atoms with Gasteiger partial charge in [-0.2, -0.15) is 0 Å². The molecule has 1 aromatic rings. The van der Waals surface area contributed by atoms with Gasteiger partial charge in [0.05, 0.1) is 6.10 Å². The maximum absolute atomic E-state index is 5.82. The predicted molar refractivity (Wildman–Crippen MR) is 68.3 cm³/mol. The molecule has 1 nitrogen and oxygen atoms in total. The third kappa shape index (κ3) is 2.78. The highest BCUT2D eigenvalue weighted by Gasteiger charge is 2.24. The zero-order chi connectivity index (χ0) is 11.7. The molecule has 0 aromatic heterocycles. The van der Waals surface area contributed by atoms with Gasteiger partial charge in [-0.15, -0.1) is 0 Å². The van der Waals surface area contributed by atoms with Gasteiger partial charge < -0.3 is 4.74 Å². The van der Waals surface area contributed by atoms with Crippen molar-refractivity contribution in [2.24, 2.45) is 0 Å². The summed E-state index contributed by atoms with van der Waals surface area (Å²) >= 11 is 0. The first-order chi connectivity index (χ1) is 7.56. The van der Waals surface area contributed by atoms with Crippen LogP contribution in [0.25, 0.3) is 0 Å². The van der Waals surface area contributed by atoms with Crippen LogP contribution in [0, 0.1) is 0 Å². The van der Waals surface area contributed by atoms with Gasteiger partial charge in [-0.3, -0.25) is 0 Å². The minimum Gasteiger partial charge on any atom is -0.491 e. The normalized spacial score (nSPS) is 15.9. The summed E-state index contributed by atoms with van der Waals surface area (Å²) in [6.45, 7) is 8.65. The summed E-state index contributed by atoms with van der Waals surface area (Å²) in [5.74, 6) is 2.42. The molecule has 0 radical (unpaired) electrons. The van der Waals surface area contributed by atoms with Crippen LogP contribution in [0.4, 0.5) is 0 Å². The summed E-state index contributed by atoms with van der Waals surface area (Å²) in [7, 11) is 0. The zero-order valence-electron chi connectivity index (χ0n) is 10.8. The van der Waals surface area contributed by atoms with E-state index in [2.05, 4.69) is 45.9 Å². The first-order valence-electron chi connectivity index (χ1n) is 6.38. The highest BCUT2D eigenvalue weighted by molar-refractivity contribution is 5.39. The Hall–Kier alpha value is -0.980. The number of ether oxygens (including phenoxy) is 1. The van der Waals surface area contributed by atoms with E-state index in [1.54, 1.807) is 0 Å². The van der Waals surface area contributed by atoms with E-state index >= 15 is 0 Å². The van der Waals surface area contributed by atoms with E-state index in [1.165, 1.54) is 24.0 Å². The fourth-order valence-corrected chi connectivity index (χ4v) is 1.97. The van der Waals surface area contributed by atoms with Crippen molar-refractivity contribution in [1.29, 1.82) is 0 Å². The second-order valence-electron chi connectivity index (χ2n) is 5.43. The smallest absolute Gasteiger partial charge is 0.120 e. The summed E-state index contributed by atoms with van der Waals surface area (Å²) in [5.41, 5.74) is 2.88. The Balaban J connectivity index is 2.28. The summed E-state index contributed by atoms with van der Waals surface area (Å²) in [4.78, 5) is 0. The number of hydrogen-bond donors (Lipinski definition) is 0. The molecule has 1 fully saturated rings. The van der Waals surface area contributed by atoms with Crippen molar-refractivity contribution in [2.75, 3.05) is 0 Å². The molecule has 1 aromatic carbocycles. The Bertz CT molecular complexity index is 341. The van der Waals surface area contributed by atoms with Crippen molar-refractivity contribution < 1.29 is 4.74 Å². The van der Waals surface area contributed by atoms with Crippen LogP contribution in [-0.2, 0) is 0 Å². The molecule has 0 spiro atoms. The van der Waals surface area contributed by atoms with Crippen molar-refractivity contribution in [2.45, 2.75) is 58.5 Å². The van der Waals surface area contributed by atoms with Gasteiger partial charge in [0.25, 0.3) is 0 Å². The molecule has 0 heterocycles. The van der Waals surface area contributed by atoms with Crippen LogP contribution in [0.3, 0.4) is 0 Å². The van der Waals surface area contributed by atoms with E-state index in [0.29, 0.717) is 5.92 Å².